The summed E-state index contributed by atoms with van der Waals surface area (Å²) in [6.45, 7) is 2.37. The van der Waals surface area contributed by atoms with Crippen LogP contribution in [0.4, 0.5) is 4.79 Å². The second-order valence-electron chi connectivity index (χ2n) is 5.66. The van der Waals surface area contributed by atoms with Gasteiger partial charge in [0.15, 0.2) is 0 Å². The summed E-state index contributed by atoms with van der Waals surface area (Å²) in [6, 6.07) is 5.59. The van der Waals surface area contributed by atoms with Crippen molar-refractivity contribution in [3.05, 3.63) is 54.2 Å². The van der Waals surface area contributed by atoms with E-state index in [2.05, 4.69) is 10.3 Å². The van der Waals surface area contributed by atoms with E-state index < -0.39 is 0 Å². The van der Waals surface area contributed by atoms with Crippen molar-refractivity contribution < 1.29 is 13.9 Å². The van der Waals surface area contributed by atoms with Crippen LogP contribution in [0.3, 0.4) is 0 Å². The summed E-state index contributed by atoms with van der Waals surface area (Å²) < 4.78 is 10.7. The molecule has 2 aromatic rings. The largest absolute Gasteiger partial charge is 0.472 e. The number of amides is 2. The SMILES string of the molecule is O=C(NCc1ccoc1)N(Cc1ccncc1)C[C@@H]1CCCO1. The van der Waals surface area contributed by atoms with E-state index in [0.29, 0.717) is 19.6 Å². The summed E-state index contributed by atoms with van der Waals surface area (Å²) >= 11 is 0. The molecule has 0 spiro atoms. The van der Waals surface area contributed by atoms with Crippen molar-refractivity contribution in [2.24, 2.45) is 0 Å². The number of carbonyl (C=O) groups excluding carboxylic acids is 1. The molecule has 1 N–H and O–H groups in total. The monoisotopic (exact) mass is 315 g/mol. The van der Waals surface area contributed by atoms with Crippen LogP contribution in [-0.2, 0) is 17.8 Å². The summed E-state index contributed by atoms with van der Waals surface area (Å²) in [5.74, 6) is 0. The van der Waals surface area contributed by atoms with Crippen LogP contribution in [0.5, 0.6) is 0 Å². The molecule has 0 unspecified atom stereocenters. The van der Waals surface area contributed by atoms with E-state index >= 15 is 0 Å². The zero-order chi connectivity index (χ0) is 15.9. The first-order valence-corrected chi connectivity index (χ1v) is 7.85. The van der Waals surface area contributed by atoms with Crippen LogP contribution in [0.1, 0.15) is 24.0 Å². The predicted molar refractivity (Wildman–Crippen MR) is 84.6 cm³/mol. The molecule has 0 saturated carbocycles. The van der Waals surface area contributed by atoms with Crippen molar-refractivity contribution in [3.8, 4) is 0 Å². The topological polar surface area (TPSA) is 67.6 Å². The Hall–Kier alpha value is -2.34. The molecule has 1 atom stereocenters. The molecule has 2 amide bonds. The Balaban J connectivity index is 1.61. The molecule has 122 valence electrons. The lowest BCUT2D eigenvalue weighted by atomic mass is 10.2. The van der Waals surface area contributed by atoms with Gasteiger partial charge in [0.25, 0.3) is 0 Å². The molecule has 23 heavy (non-hydrogen) atoms. The third-order valence-corrected chi connectivity index (χ3v) is 3.88. The summed E-state index contributed by atoms with van der Waals surface area (Å²) in [4.78, 5) is 18.4. The first-order valence-electron chi connectivity index (χ1n) is 7.85. The van der Waals surface area contributed by atoms with E-state index in [-0.39, 0.29) is 12.1 Å². The lowest BCUT2D eigenvalue weighted by Crippen LogP contribution is -2.43. The Kier molecular flexibility index (Phi) is 5.26. The Labute approximate surface area is 135 Å². The number of hydrogen-bond donors (Lipinski definition) is 1. The van der Waals surface area contributed by atoms with E-state index in [1.54, 1.807) is 29.8 Å². The highest BCUT2D eigenvalue weighted by atomic mass is 16.5. The van der Waals surface area contributed by atoms with Gasteiger partial charge in [-0.1, -0.05) is 0 Å². The van der Waals surface area contributed by atoms with E-state index in [9.17, 15) is 4.79 Å². The van der Waals surface area contributed by atoms with Gasteiger partial charge < -0.3 is 19.4 Å². The number of pyridine rings is 1. The van der Waals surface area contributed by atoms with Crippen LogP contribution in [0.15, 0.2) is 47.5 Å². The molecule has 6 nitrogen and oxygen atoms in total. The van der Waals surface area contributed by atoms with Gasteiger partial charge in [0.1, 0.15) is 0 Å². The average molecular weight is 315 g/mol. The Morgan fingerprint density at radius 3 is 2.87 bits per heavy atom. The summed E-state index contributed by atoms with van der Waals surface area (Å²) in [6.07, 6.45) is 8.89. The van der Waals surface area contributed by atoms with Crippen LogP contribution in [0.25, 0.3) is 0 Å². The highest BCUT2D eigenvalue weighted by Gasteiger charge is 2.22. The minimum atomic E-state index is -0.0986. The number of carbonyl (C=O) groups is 1. The van der Waals surface area contributed by atoms with Crippen molar-refractivity contribution in [2.75, 3.05) is 13.2 Å². The second kappa shape index (κ2) is 7.78. The number of hydrogen-bond acceptors (Lipinski definition) is 4. The van der Waals surface area contributed by atoms with Crippen LogP contribution < -0.4 is 5.32 Å². The number of ether oxygens (including phenoxy) is 1. The van der Waals surface area contributed by atoms with Crippen molar-refractivity contribution in [2.45, 2.75) is 32.0 Å². The molecule has 0 bridgehead atoms. The van der Waals surface area contributed by atoms with Gasteiger partial charge in [-0.15, -0.1) is 0 Å². The van der Waals surface area contributed by atoms with E-state index in [0.717, 1.165) is 30.6 Å². The maximum atomic E-state index is 12.5. The maximum absolute atomic E-state index is 12.5. The zero-order valence-electron chi connectivity index (χ0n) is 13.0. The van der Waals surface area contributed by atoms with E-state index in [4.69, 9.17) is 9.15 Å². The highest BCUT2D eigenvalue weighted by Crippen LogP contribution is 2.15. The third-order valence-electron chi connectivity index (χ3n) is 3.88. The van der Waals surface area contributed by atoms with Crippen molar-refractivity contribution >= 4 is 6.03 Å². The molecule has 1 aliphatic heterocycles. The Morgan fingerprint density at radius 2 is 2.17 bits per heavy atom. The smallest absolute Gasteiger partial charge is 0.318 e. The molecule has 0 radical (unpaired) electrons. The van der Waals surface area contributed by atoms with Gasteiger partial charge in [0.05, 0.1) is 18.6 Å². The fourth-order valence-electron chi connectivity index (χ4n) is 2.64. The highest BCUT2D eigenvalue weighted by molar-refractivity contribution is 5.74. The van der Waals surface area contributed by atoms with Gasteiger partial charge in [0.2, 0.25) is 0 Å². The summed E-state index contributed by atoms with van der Waals surface area (Å²) in [5.41, 5.74) is 2.00. The number of nitrogens with zero attached hydrogens (tertiary/aromatic N) is 2. The number of aromatic nitrogens is 1. The molecular weight excluding hydrogens is 294 g/mol. The normalized spacial score (nSPS) is 17.1. The van der Waals surface area contributed by atoms with Crippen LogP contribution in [0, 0.1) is 0 Å². The quantitative estimate of drug-likeness (QED) is 0.889. The lowest BCUT2D eigenvalue weighted by Gasteiger charge is -2.25. The van der Waals surface area contributed by atoms with Gasteiger partial charge in [0, 0.05) is 44.2 Å². The van der Waals surface area contributed by atoms with Crippen LogP contribution >= 0.6 is 0 Å². The standard InChI is InChI=1S/C17H21N3O3/c21-17(19-10-15-5-9-22-13-15)20(12-16-2-1-8-23-16)11-14-3-6-18-7-4-14/h3-7,9,13,16H,1-2,8,10-12H2,(H,19,21)/t16-/m0/s1. The number of urea groups is 1. The molecule has 2 aromatic heterocycles. The minimum Gasteiger partial charge on any atom is -0.472 e. The van der Waals surface area contributed by atoms with E-state index in [1.165, 1.54) is 0 Å². The fourth-order valence-corrected chi connectivity index (χ4v) is 2.64. The van der Waals surface area contributed by atoms with Crippen molar-refractivity contribution in [3.63, 3.8) is 0 Å². The molecule has 1 aliphatic rings. The Bertz CT molecular complexity index is 595. The molecule has 1 saturated heterocycles. The molecular formula is C17H21N3O3. The molecule has 0 aromatic carbocycles. The molecule has 1 fully saturated rings. The van der Waals surface area contributed by atoms with E-state index in [1.807, 2.05) is 18.2 Å². The first kappa shape index (κ1) is 15.6. The van der Waals surface area contributed by atoms with Gasteiger partial charge in [-0.05, 0) is 36.6 Å². The molecule has 3 rings (SSSR count). The number of furan rings is 1. The van der Waals surface area contributed by atoms with Crippen molar-refractivity contribution in [1.29, 1.82) is 0 Å². The fraction of sp³-hybridized carbons (Fsp3) is 0.412. The lowest BCUT2D eigenvalue weighted by molar-refractivity contribution is 0.0794. The van der Waals surface area contributed by atoms with Crippen LogP contribution in [-0.4, -0.2) is 35.2 Å². The van der Waals surface area contributed by atoms with Gasteiger partial charge >= 0.3 is 6.03 Å². The van der Waals surface area contributed by atoms with Gasteiger partial charge in [-0.25, -0.2) is 4.79 Å². The van der Waals surface area contributed by atoms with Crippen molar-refractivity contribution in [1.82, 2.24) is 15.2 Å². The zero-order valence-corrected chi connectivity index (χ0v) is 13.0. The van der Waals surface area contributed by atoms with Crippen LogP contribution in [0.2, 0.25) is 0 Å². The summed E-state index contributed by atoms with van der Waals surface area (Å²) in [7, 11) is 0. The second-order valence-corrected chi connectivity index (χ2v) is 5.66. The van der Waals surface area contributed by atoms with Gasteiger partial charge in [-0.3, -0.25) is 4.98 Å². The Morgan fingerprint density at radius 1 is 1.30 bits per heavy atom. The third kappa shape index (κ3) is 4.56. The van der Waals surface area contributed by atoms with Gasteiger partial charge in [-0.2, -0.15) is 0 Å². The average Bonchev–Trinajstić information content (AvgIpc) is 3.26. The number of rotatable bonds is 6. The first-order chi connectivity index (χ1) is 11.3. The minimum absolute atomic E-state index is 0.0986. The molecule has 0 aliphatic carbocycles. The molecule has 6 heteroatoms. The predicted octanol–water partition coefficient (Wildman–Crippen LogP) is 2.57. The molecule has 3 heterocycles. The maximum Gasteiger partial charge on any atom is 0.318 e. The number of nitrogens with one attached hydrogen (secondary N) is 1. The summed E-state index contributed by atoms with van der Waals surface area (Å²) in [5, 5.41) is 2.94.